The maximum atomic E-state index is 9.18. The molecule has 1 aromatic carbocycles. The lowest BCUT2D eigenvalue weighted by Gasteiger charge is -2.14. The van der Waals surface area contributed by atoms with Gasteiger partial charge in [-0.25, -0.2) is 0 Å². The summed E-state index contributed by atoms with van der Waals surface area (Å²) >= 11 is 5.99. The molecule has 4 nitrogen and oxygen atoms in total. The SMILES string of the molecule is COc1cc(NCCC(C)O)c(OC)cc1Cl. The van der Waals surface area contributed by atoms with E-state index in [9.17, 15) is 5.11 Å². The highest BCUT2D eigenvalue weighted by molar-refractivity contribution is 6.32. The first-order valence-electron chi connectivity index (χ1n) is 5.42. The number of ether oxygens (including phenoxy) is 2. The molecule has 0 aliphatic carbocycles. The number of aliphatic hydroxyl groups is 1. The summed E-state index contributed by atoms with van der Waals surface area (Å²) in [6, 6.07) is 3.48. The molecule has 1 unspecified atom stereocenters. The Kier molecular flexibility index (Phi) is 5.38. The summed E-state index contributed by atoms with van der Waals surface area (Å²) in [7, 11) is 3.14. The topological polar surface area (TPSA) is 50.7 Å². The Morgan fingerprint density at radius 1 is 1.29 bits per heavy atom. The van der Waals surface area contributed by atoms with E-state index >= 15 is 0 Å². The zero-order valence-corrected chi connectivity index (χ0v) is 11.0. The molecule has 5 heteroatoms. The van der Waals surface area contributed by atoms with Gasteiger partial charge >= 0.3 is 0 Å². The Bertz CT molecular complexity index is 369. The van der Waals surface area contributed by atoms with Crippen molar-refractivity contribution < 1.29 is 14.6 Å². The van der Waals surface area contributed by atoms with Crippen molar-refractivity contribution in [2.75, 3.05) is 26.1 Å². The predicted molar refractivity (Wildman–Crippen MR) is 69.3 cm³/mol. The van der Waals surface area contributed by atoms with Gasteiger partial charge in [0.1, 0.15) is 11.5 Å². The van der Waals surface area contributed by atoms with E-state index in [1.807, 2.05) is 0 Å². The van der Waals surface area contributed by atoms with Gasteiger partial charge < -0.3 is 19.9 Å². The van der Waals surface area contributed by atoms with E-state index in [1.54, 1.807) is 33.3 Å². The molecule has 0 saturated heterocycles. The molecule has 0 amide bonds. The van der Waals surface area contributed by atoms with Crippen molar-refractivity contribution in [1.29, 1.82) is 0 Å². The van der Waals surface area contributed by atoms with E-state index in [-0.39, 0.29) is 6.10 Å². The Hall–Kier alpha value is -1.13. The number of benzene rings is 1. The molecule has 0 fully saturated rings. The van der Waals surface area contributed by atoms with Crippen LogP contribution in [-0.4, -0.2) is 32.0 Å². The van der Waals surface area contributed by atoms with Crippen molar-refractivity contribution in [2.45, 2.75) is 19.4 Å². The molecule has 0 heterocycles. The third-order valence-corrected chi connectivity index (χ3v) is 2.65. The van der Waals surface area contributed by atoms with Crippen molar-refractivity contribution >= 4 is 17.3 Å². The molecule has 0 bridgehead atoms. The summed E-state index contributed by atoms with van der Waals surface area (Å²) in [5.74, 6) is 1.24. The van der Waals surface area contributed by atoms with E-state index in [0.29, 0.717) is 29.5 Å². The number of methoxy groups -OCH3 is 2. The van der Waals surface area contributed by atoms with Gasteiger partial charge in [0.2, 0.25) is 0 Å². The van der Waals surface area contributed by atoms with E-state index in [4.69, 9.17) is 21.1 Å². The molecule has 1 aromatic rings. The number of hydrogen-bond acceptors (Lipinski definition) is 4. The maximum absolute atomic E-state index is 9.18. The third-order valence-electron chi connectivity index (χ3n) is 2.35. The van der Waals surface area contributed by atoms with Crippen LogP contribution in [0.15, 0.2) is 12.1 Å². The van der Waals surface area contributed by atoms with Crippen LogP contribution in [0.1, 0.15) is 13.3 Å². The molecule has 0 radical (unpaired) electrons. The molecule has 96 valence electrons. The van der Waals surface area contributed by atoms with Crippen LogP contribution in [0, 0.1) is 0 Å². The fourth-order valence-corrected chi connectivity index (χ4v) is 1.65. The van der Waals surface area contributed by atoms with Gasteiger partial charge in [-0.1, -0.05) is 11.6 Å². The van der Waals surface area contributed by atoms with Crippen LogP contribution in [-0.2, 0) is 0 Å². The molecule has 2 N–H and O–H groups in total. The smallest absolute Gasteiger partial charge is 0.143 e. The lowest BCUT2D eigenvalue weighted by Crippen LogP contribution is -2.10. The quantitative estimate of drug-likeness (QED) is 0.824. The van der Waals surface area contributed by atoms with Crippen LogP contribution in [0.4, 0.5) is 5.69 Å². The molecule has 0 aliphatic rings. The number of nitrogens with one attached hydrogen (secondary N) is 1. The van der Waals surface area contributed by atoms with Crippen molar-refractivity contribution in [2.24, 2.45) is 0 Å². The van der Waals surface area contributed by atoms with E-state index < -0.39 is 0 Å². The van der Waals surface area contributed by atoms with Gasteiger partial charge in [-0.05, 0) is 13.3 Å². The van der Waals surface area contributed by atoms with Crippen LogP contribution in [0.5, 0.6) is 11.5 Å². The molecule has 0 saturated carbocycles. The van der Waals surface area contributed by atoms with Crippen LogP contribution >= 0.6 is 11.6 Å². The molecule has 1 rings (SSSR count). The first kappa shape index (κ1) is 13.9. The zero-order valence-electron chi connectivity index (χ0n) is 10.3. The first-order valence-corrected chi connectivity index (χ1v) is 5.79. The molecule has 0 spiro atoms. The summed E-state index contributed by atoms with van der Waals surface area (Å²) in [5, 5.41) is 12.9. The van der Waals surface area contributed by atoms with Gasteiger partial charge in [0, 0.05) is 18.7 Å². The summed E-state index contributed by atoms with van der Waals surface area (Å²) in [4.78, 5) is 0. The fourth-order valence-electron chi connectivity index (χ4n) is 1.41. The molecule has 1 atom stereocenters. The predicted octanol–water partition coefficient (Wildman–Crippen LogP) is 2.54. The van der Waals surface area contributed by atoms with Gasteiger partial charge in [-0.2, -0.15) is 0 Å². The van der Waals surface area contributed by atoms with Crippen LogP contribution in [0.3, 0.4) is 0 Å². The third kappa shape index (κ3) is 3.98. The highest BCUT2D eigenvalue weighted by Crippen LogP contribution is 2.35. The van der Waals surface area contributed by atoms with E-state index in [1.165, 1.54) is 0 Å². The van der Waals surface area contributed by atoms with Crippen LogP contribution < -0.4 is 14.8 Å². The zero-order chi connectivity index (χ0) is 12.8. The standard InChI is InChI=1S/C12H18ClNO3/c1-8(15)4-5-14-10-7-11(16-2)9(13)6-12(10)17-3/h6-8,14-15H,4-5H2,1-3H3. The number of anilines is 1. The summed E-state index contributed by atoms with van der Waals surface area (Å²) in [5.41, 5.74) is 0.800. The molecule has 0 aliphatic heterocycles. The Morgan fingerprint density at radius 2 is 1.94 bits per heavy atom. The molecule has 0 aromatic heterocycles. The summed E-state index contributed by atoms with van der Waals surface area (Å²) < 4.78 is 10.4. The molecular weight excluding hydrogens is 242 g/mol. The van der Waals surface area contributed by atoms with Gasteiger partial charge in [-0.3, -0.25) is 0 Å². The Morgan fingerprint density at radius 3 is 2.47 bits per heavy atom. The minimum Gasteiger partial charge on any atom is -0.495 e. The normalized spacial score (nSPS) is 12.1. The average molecular weight is 260 g/mol. The second-order valence-electron chi connectivity index (χ2n) is 3.75. The lowest BCUT2D eigenvalue weighted by atomic mass is 10.2. The Balaban J connectivity index is 2.81. The fraction of sp³-hybridized carbons (Fsp3) is 0.500. The van der Waals surface area contributed by atoms with Crippen LogP contribution in [0.2, 0.25) is 5.02 Å². The monoisotopic (exact) mass is 259 g/mol. The molecular formula is C12H18ClNO3. The summed E-state index contributed by atoms with van der Waals surface area (Å²) in [6.07, 6.45) is 0.330. The van der Waals surface area contributed by atoms with Gasteiger partial charge in [0.05, 0.1) is 31.0 Å². The lowest BCUT2D eigenvalue weighted by molar-refractivity contribution is 0.188. The number of halogens is 1. The highest BCUT2D eigenvalue weighted by Gasteiger charge is 2.09. The number of aliphatic hydroxyl groups excluding tert-OH is 1. The number of rotatable bonds is 6. The minimum atomic E-state index is -0.331. The van der Waals surface area contributed by atoms with Crippen molar-refractivity contribution in [1.82, 2.24) is 0 Å². The van der Waals surface area contributed by atoms with Crippen molar-refractivity contribution in [3.05, 3.63) is 17.2 Å². The van der Waals surface area contributed by atoms with E-state index in [0.717, 1.165) is 5.69 Å². The average Bonchev–Trinajstić information content (AvgIpc) is 2.30. The van der Waals surface area contributed by atoms with E-state index in [2.05, 4.69) is 5.32 Å². The minimum absolute atomic E-state index is 0.331. The van der Waals surface area contributed by atoms with Crippen molar-refractivity contribution in [3.8, 4) is 11.5 Å². The van der Waals surface area contributed by atoms with Gasteiger partial charge in [-0.15, -0.1) is 0 Å². The summed E-state index contributed by atoms with van der Waals surface area (Å²) in [6.45, 7) is 2.40. The van der Waals surface area contributed by atoms with Gasteiger partial charge in [0.25, 0.3) is 0 Å². The second kappa shape index (κ2) is 6.57. The highest BCUT2D eigenvalue weighted by atomic mass is 35.5. The number of hydrogen-bond donors (Lipinski definition) is 2. The Labute approximate surface area is 106 Å². The molecule has 17 heavy (non-hydrogen) atoms. The maximum Gasteiger partial charge on any atom is 0.143 e. The largest absolute Gasteiger partial charge is 0.495 e. The van der Waals surface area contributed by atoms with Crippen molar-refractivity contribution in [3.63, 3.8) is 0 Å². The van der Waals surface area contributed by atoms with Gasteiger partial charge in [0.15, 0.2) is 0 Å². The second-order valence-corrected chi connectivity index (χ2v) is 4.16. The first-order chi connectivity index (χ1) is 8.08. The van der Waals surface area contributed by atoms with Crippen LogP contribution in [0.25, 0.3) is 0 Å².